The summed E-state index contributed by atoms with van der Waals surface area (Å²) in [5, 5.41) is 0.582. The van der Waals surface area contributed by atoms with Crippen molar-refractivity contribution in [2.24, 2.45) is 4.99 Å². The van der Waals surface area contributed by atoms with E-state index >= 15 is 0 Å². The van der Waals surface area contributed by atoms with Gasteiger partial charge in [-0.25, -0.2) is 4.79 Å². The average Bonchev–Trinajstić information content (AvgIpc) is 2.32. The molecule has 0 aliphatic carbocycles. The molecule has 84 valence electrons. The van der Waals surface area contributed by atoms with Crippen LogP contribution in [0.2, 0.25) is 5.02 Å². The third kappa shape index (κ3) is 2.94. The van der Waals surface area contributed by atoms with Crippen molar-refractivity contribution in [2.75, 3.05) is 0 Å². The number of nitrogens with zero attached hydrogens (tertiary/aromatic N) is 1. The highest BCUT2D eigenvalue weighted by Crippen LogP contribution is 2.31. The molecule has 0 aliphatic heterocycles. The van der Waals surface area contributed by atoms with Crippen LogP contribution in [0.4, 0.5) is 5.69 Å². The van der Waals surface area contributed by atoms with Gasteiger partial charge < -0.3 is 4.74 Å². The van der Waals surface area contributed by atoms with Gasteiger partial charge in [0.2, 0.25) is 6.08 Å². The number of isocyanates is 1. The fraction of sp³-hybridized carbons (Fsp3) is 0. The molecule has 0 aromatic heterocycles. The Hall–Kier alpha value is -2.09. The van der Waals surface area contributed by atoms with Crippen molar-refractivity contribution in [3.63, 3.8) is 0 Å². The van der Waals surface area contributed by atoms with E-state index in [0.717, 1.165) is 0 Å². The van der Waals surface area contributed by atoms with Gasteiger partial charge in [-0.15, -0.1) is 0 Å². The minimum atomic E-state index is 0.433. The van der Waals surface area contributed by atoms with Gasteiger partial charge in [-0.1, -0.05) is 29.8 Å². The first-order chi connectivity index (χ1) is 8.29. The Morgan fingerprint density at radius 1 is 1.12 bits per heavy atom. The number of para-hydroxylation sites is 2. The van der Waals surface area contributed by atoms with E-state index in [4.69, 9.17) is 16.3 Å². The molecule has 3 nitrogen and oxygen atoms in total. The third-order valence-electron chi connectivity index (χ3n) is 2.06. The Labute approximate surface area is 103 Å². The van der Waals surface area contributed by atoms with E-state index in [1.807, 2.05) is 0 Å². The van der Waals surface area contributed by atoms with E-state index in [2.05, 4.69) is 4.99 Å². The lowest BCUT2D eigenvalue weighted by molar-refractivity contribution is 0.484. The van der Waals surface area contributed by atoms with Crippen molar-refractivity contribution < 1.29 is 9.53 Å². The van der Waals surface area contributed by atoms with Crippen LogP contribution in [0, 0.1) is 0 Å². The van der Waals surface area contributed by atoms with Crippen LogP contribution in [-0.4, -0.2) is 6.08 Å². The van der Waals surface area contributed by atoms with Crippen LogP contribution in [0.15, 0.2) is 53.5 Å². The zero-order chi connectivity index (χ0) is 12.1. The first kappa shape index (κ1) is 11.4. The van der Waals surface area contributed by atoms with Crippen molar-refractivity contribution in [1.29, 1.82) is 0 Å². The smallest absolute Gasteiger partial charge is 0.240 e. The van der Waals surface area contributed by atoms with Gasteiger partial charge in [0.25, 0.3) is 0 Å². The third-order valence-corrected chi connectivity index (χ3v) is 2.29. The highest BCUT2D eigenvalue weighted by Gasteiger charge is 2.03. The molecule has 4 heteroatoms. The summed E-state index contributed by atoms with van der Waals surface area (Å²) in [7, 11) is 0. The maximum absolute atomic E-state index is 10.3. The van der Waals surface area contributed by atoms with Gasteiger partial charge in [0.1, 0.15) is 11.4 Å². The Kier molecular flexibility index (Phi) is 3.55. The Morgan fingerprint density at radius 2 is 1.94 bits per heavy atom. The summed E-state index contributed by atoms with van der Waals surface area (Å²) in [5.74, 6) is 1.07. The van der Waals surface area contributed by atoms with Crippen molar-refractivity contribution >= 4 is 23.4 Å². The van der Waals surface area contributed by atoms with E-state index < -0.39 is 0 Å². The minimum absolute atomic E-state index is 0.433. The maximum atomic E-state index is 10.3. The lowest BCUT2D eigenvalue weighted by atomic mass is 10.3. The Balaban J connectivity index is 2.33. The molecular weight excluding hydrogens is 238 g/mol. The summed E-state index contributed by atoms with van der Waals surface area (Å²) in [6.07, 6.45) is 1.49. The molecule has 2 aromatic rings. The number of hydrogen-bond donors (Lipinski definition) is 0. The fourth-order valence-corrected chi connectivity index (χ4v) is 1.52. The summed E-state index contributed by atoms with van der Waals surface area (Å²) < 4.78 is 5.59. The SMILES string of the molecule is O=C=Nc1ccccc1Oc1cccc(Cl)c1. The van der Waals surface area contributed by atoms with Crippen LogP contribution in [0.5, 0.6) is 11.5 Å². The van der Waals surface area contributed by atoms with Crippen LogP contribution < -0.4 is 4.74 Å². The lowest BCUT2D eigenvalue weighted by Gasteiger charge is -2.07. The van der Waals surface area contributed by atoms with E-state index in [9.17, 15) is 4.79 Å². The number of aliphatic imine (C=N–C) groups is 1. The molecule has 0 aliphatic rings. The molecule has 0 saturated carbocycles. The highest BCUT2D eigenvalue weighted by atomic mass is 35.5. The summed E-state index contributed by atoms with van der Waals surface area (Å²) >= 11 is 5.85. The summed E-state index contributed by atoms with van der Waals surface area (Å²) in [5.41, 5.74) is 0.433. The Morgan fingerprint density at radius 3 is 2.71 bits per heavy atom. The first-order valence-electron chi connectivity index (χ1n) is 4.90. The summed E-state index contributed by atoms with van der Waals surface area (Å²) in [6, 6.07) is 13.9. The zero-order valence-electron chi connectivity index (χ0n) is 8.76. The molecule has 2 aromatic carbocycles. The van der Waals surface area contributed by atoms with Crippen LogP contribution in [0.3, 0.4) is 0 Å². The van der Waals surface area contributed by atoms with Crippen LogP contribution in [0.25, 0.3) is 0 Å². The molecule has 0 atom stereocenters. The molecular formula is C13H8ClNO2. The number of carbonyl (C=O) groups excluding carboxylic acids is 1. The number of hydrogen-bond acceptors (Lipinski definition) is 3. The van der Waals surface area contributed by atoms with Crippen molar-refractivity contribution in [3.8, 4) is 11.5 Å². The monoisotopic (exact) mass is 245 g/mol. The predicted octanol–water partition coefficient (Wildman–Crippen LogP) is 4.10. The summed E-state index contributed by atoms with van der Waals surface area (Å²) in [4.78, 5) is 13.8. The van der Waals surface area contributed by atoms with Crippen molar-refractivity contribution in [2.45, 2.75) is 0 Å². The summed E-state index contributed by atoms with van der Waals surface area (Å²) in [6.45, 7) is 0. The highest BCUT2D eigenvalue weighted by molar-refractivity contribution is 6.30. The maximum Gasteiger partial charge on any atom is 0.240 e. The largest absolute Gasteiger partial charge is 0.455 e. The van der Waals surface area contributed by atoms with E-state index in [0.29, 0.717) is 22.2 Å². The minimum Gasteiger partial charge on any atom is -0.455 e. The van der Waals surface area contributed by atoms with Gasteiger partial charge in [-0.3, -0.25) is 0 Å². The first-order valence-corrected chi connectivity index (χ1v) is 5.28. The molecule has 0 amide bonds. The molecule has 0 radical (unpaired) electrons. The number of benzene rings is 2. The molecule has 0 bridgehead atoms. The molecule has 17 heavy (non-hydrogen) atoms. The molecule has 0 unspecified atom stereocenters. The normalized spacial score (nSPS) is 9.47. The van der Waals surface area contributed by atoms with Crippen LogP contribution >= 0.6 is 11.6 Å². The van der Waals surface area contributed by atoms with Gasteiger partial charge >= 0.3 is 0 Å². The average molecular weight is 246 g/mol. The molecule has 2 rings (SSSR count). The predicted molar refractivity (Wildman–Crippen MR) is 65.7 cm³/mol. The second-order valence-corrected chi connectivity index (χ2v) is 3.67. The van der Waals surface area contributed by atoms with Gasteiger partial charge in [0.15, 0.2) is 5.75 Å². The molecule has 0 saturated heterocycles. The van der Waals surface area contributed by atoms with Gasteiger partial charge in [-0.2, -0.15) is 4.99 Å². The number of ether oxygens (including phenoxy) is 1. The molecule has 0 spiro atoms. The van der Waals surface area contributed by atoms with Crippen molar-refractivity contribution in [3.05, 3.63) is 53.6 Å². The van der Waals surface area contributed by atoms with Crippen molar-refractivity contribution in [1.82, 2.24) is 0 Å². The second kappa shape index (κ2) is 5.30. The van der Waals surface area contributed by atoms with Gasteiger partial charge in [0.05, 0.1) is 0 Å². The van der Waals surface area contributed by atoms with Gasteiger partial charge in [-0.05, 0) is 30.3 Å². The van der Waals surface area contributed by atoms with E-state index in [-0.39, 0.29) is 0 Å². The topological polar surface area (TPSA) is 38.7 Å². The second-order valence-electron chi connectivity index (χ2n) is 3.23. The fourth-order valence-electron chi connectivity index (χ4n) is 1.34. The zero-order valence-corrected chi connectivity index (χ0v) is 9.52. The molecule has 0 heterocycles. The lowest BCUT2D eigenvalue weighted by Crippen LogP contribution is -1.84. The van der Waals surface area contributed by atoms with Gasteiger partial charge in [0, 0.05) is 5.02 Å². The quantitative estimate of drug-likeness (QED) is 0.603. The van der Waals surface area contributed by atoms with Crippen LogP contribution in [-0.2, 0) is 4.79 Å². The number of halogens is 1. The van der Waals surface area contributed by atoms with E-state index in [1.165, 1.54) is 6.08 Å². The Bertz CT molecular complexity index is 577. The standard InChI is InChI=1S/C13H8ClNO2/c14-10-4-3-5-11(8-10)17-13-7-2-1-6-12(13)15-9-16/h1-8H. The van der Waals surface area contributed by atoms with E-state index in [1.54, 1.807) is 48.5 Å². The number of rotatable bonds is 3. The molecule has 0 fully saturated rings. The van der Waals surface area contributed by atoms with Crippen LogP contribution in [0.1, 0.15) is 0 Å². The molecule has 0 N–H and O–H groups in total.